The van der Waals surface area contributed by atoms with E-state index in [2.05, 4.69) is 10.3 Å². The van der Waals surface area contributed by atoms with Gasteiger partial charge in [0.15, 0.2) is 0 Å². The summed E-state index contributed by atoms with van der Waals surface area (Å²) < 4.78 is 30.2. The van der Waals surface area contributed by atoms with Gasteiger partial charge in [-0.25, -0.2) is 13.8 Å². The molecule has 0 spiro atoms. The maximum atomic E-state index is 14.0. The molecule has 5 aromatic rings. The normalized spacial score (nSPS) is 11.2. The predicted molar refractivity (Wildman–Crippen MR) is 122 cm³/mol. The molecule has 0 unspecified atom stereocenters. The molecule has 2 heterocycles. The Kier molecular flexibility index (Phi) is 5.18. The summed E-state index contributed by atoms with van der Waals surface area (Å²) in [5.74, 6) is -2.17. The van der Waals surface area contributed by atoms with Gasteiger partial charge < -0.3 is 9.88 Å². The Hall–Kier alpha value is -4.33. The highest BCUT2D eigenvalue weighted by atomic mass is 19.1. The van der Waals surface area contributed by atoms with E-state index in [9.17, 15) is 18.4 Å². The third kappa shape index (κ3) is 3.87. The lowest BCUT2D eigenvalue weighted by atomic mass is 10.2. The number of halogens is 2. The molecule has 5 rings (SSSR count). The van der Waals surface area contributed by atoms with Gasteiger partial charge in [0.2, 0.25) is 5.91 Å². The number of carbonyl (C=O) groups is 1. The summed E-state index contributed by atoms with van der Waals surface area (Å²) in [4.78, 5) is 30.7. The fourth-order valence-electron chi connectivity index (χ4n) is 3.93. The molecule has 0 aliphatic carbocycles. The molecular weight excluding hydrogens is 426 g/mol. The van der Waals surface area contributed by atoms with Gasteiger partial charge in [0.25, 0.3) is 5.56 Å². The van der Waals surface area contributed by atoms with Crippen LogP contribution < -0.4 is 10.9 Å². The van der Waals surface area contributed by atoms with Crippen molar-refractivity contribution in [2.45, 2.75) is 13.1 Å². The molecule has 0 fully saturated rings. The van der Waals surface area contributed by atoms with Crippen LogP contribution in [-0.4, -0.2) is 20.0 Å². The van der Waals surface area contributed by atoms with Crippen LogP contribution in [-0.2, 0) is 17.9 Å². The summed E-state index contributed by atoms with van der Waals surface area (Å²) in [6.07, 6.45) is 1.50. The van der Waals surface area contributed by atoms with E-state index in [1.807, 2.05) is 42.5 Å². The fourth-order valence-corrected chi connectivity index (χ4v) is 3.93. The minimum absolute atomic E-state index is 0.137. The van der Waals surface area contributed by atoms with E-state index in [1.54, 1.807) is 16.7 Å². The first-order valence-corrected chi connectivity index (χ1v) is 10.3. The minimum atomic E-state index is -0.877. The van der Waals surface area contributed by atoms with E-state index in [-0.39, 0.29) is 23.3 Å². The lowest BCUT2D eigenvalue weighted by molar-refractivity contribution is -0.116. The number of carbonyl (C=O) groups excluding carboxylic acids is 1. The monoisotopic (exact) mass is 444 g/mol. The lowest BCUT2D eigenvalue weighted by Gasteiger charge is -2.10. The standard InChI is InChI=1S/C25H18F2N4O2/c26-17-10-11-20(19(27)12-17)29-22(32)14-31-21-9-5-4-8-18(21)23-24(31)25(33)30(15-28-23)13-16-6-2-1-3-7-16/h1-12,15H,13-14H2,(H,29,32). The highest BCUT2D eigenvalue weighted by Gasteiger charge is 2.19. The average molecular weight is 444 g/mol. The first-order valence-electron chi connectivity index (χ1n) is 10.3. The first kappa shape index (κ1) is 20.6. The van der Waals surface area contributed by atoms with Gasteiger partial charge in [0, 0.05) is 11.5 Å². The average Bonchev–Trinajstić information content (AvgIpc) is 3.12. The Labute approximate surface area is 186 Å². The van der Waals surface area contributed by atoms with Gasteiger partial charge in [-0.3, -0.25) is 14.2 Å². The van der Waals surface area contributed by atoms with Crippen molar-refractivity contribution in [3.63, 3.8) is 0 Å². The number of hydrogen-bond acceptors (Lipinski definition) is 3. The van der Waals surface area contributed by atoms with Crippen LogP contribution >= 0.6 is 0 Å². The zero-order valence-corrected chi connectivity index (χ0v) is 17.3. The maximum Gasteiger partial charge on any atom is 0.278 e. The number of para-hydroxylation sites is 1. The molecule has 2 aromatic heterocycles. The molecule has 0 atom stereocenters. The Morgan fingerprint density at radius 3 is 2.52 bits per heavy atom. The van der Waals surface area contributed by atoms with Crippen molar-refractivity contribution in [1.29, 1.82) is 0 Å². The first-order chi connectivity index (χ1) is 16.0. The quantitative estimate of drug-likeness (QED) is 0.439. The van der Waals surface area contributed by atoms with Crippen LogP contribution in [0.15, 0.2) is 83.9 Å². The van der Waals surface area contributed by atoms with E-state index >= 15 is 0 Å². The number of fused-ring (bicyclic) bond motifs is 3. The molecule has 8 heteroatoms. The third-order valence-corrected chi connectivity index (χ3v) is 5.44. The van der Waals surface area contributed by atoms with Crippen LogP contribution in [0.4, 0.5) is 14.5 Å². The van der Waals surface area contributed by atoms with Gasteiger partial charge in [-0.15, -0.1) is 0 Å². The second-order valence-electron chi connectivity index (χ2n) is 7.64. The van der Waals surface area contributed by atoms with Crippen molar-refractivity contribution in [1.82, 2.24) is 14.1 Å². The lowest BCUT2D eigenvalue weighted by Crippen LogP contribution is -2.25. The van der Waals surface area contributed by atoms with Crippen molar-refractivity contribution in [3.8, 4) is 0 Å². The molecule has 0 aliphatic rings. The summed E-state index contributed by atoms with van der Waals surface area (Å²) in [6.45, 7) is 0.0875. The largest absolute Gasteiger partial charge is 0.325 e. The van der Waals surface area contributed by atoms with E-state index < -0.39 is 17.5 Å². The van der Waals surface area contributed by atoms with Gasteiger partial charge >= 0.3 is 0 Å². The Morgan fingerprint density at radius 1 is 0.970 bits per heavy atom. The highest BCUT2D eigenvalue weighted by molar-refractivity contribution is 6.06. The maximum absolute atomic E-state index is 14.0. The number of anilines is 1. The van der Waals surface area contributed by atoms with Crippen molar-refractivity contribution in [3.05, 3.63) is 107 Å². The van der Waals surface area contributed by atoms with Crippen LogP contribution in [0.1, 0.15) is 5.56 Å². The van der Waals surface area contributed by atoms with Gasteiger partial charge in [-0.2, -0.15) is 0 Å². The Balaban J connectivity index is 1.58. The molecule has 1 amide bonds. The van der Waals surface area contributed by atoms with Crippen molar-refractivity contribution in [2.75, 3.05) is 5.32 Å². The summed E-state index contributed by atoms with van der Waals surface area (Å²) in [5, 5.41) is 3.18. The summed E-state index contributed by atoms with van der Waals surface area (Å²) in [6, 6.07) is 19.7. The van der Waals surface area contributed by atoms with Gasteiger partial charge in [-0.1, -0.05) is 48.5 Å². The molecule has 6 nitrogen and oxygen atoms in total. The Morgan fingerprint density at radius 2 is 1.73 bits per heavy atom. The zero-order chi connectivity index (χ0) is 22.9. The second-order valence-corrected chi connectivity index (χ2v) is 7.64. The molecule has 33 heavy (non-hydrogen) atoms. The molecule has 0 saturated heterocycles. The van der Waals surface area contributed by atoms with Crippen LogP contribution in [0.25, 0.3) is 21.9 Å². The molecule has 1 N–H and O–H groups in total. The fraction of sp³-hybridized carbons (Fsp3) is 0.0800. The third-order valence-electron chi connectivity index (χ3n) is 5.44. The molecule has 0 bridgehead atoms. The molecule has 3 aromatic carbocycles. The predicted octanol–water partition coefficient (Wildman–Crippen LogP) is 4.32. The topological polar surface area (TPSA) is 68.9 Å². The number of nitrogens with zero attached hydrogens (tertiary/aromatic N) is 3. The number of nitrogens with one attached hydrogen (secondary N) is 1. The van der Waals surface area contributed by atoms with Crippen LogP contribution in [0.5, 0.6) is 0 Å². The second kappa shape index (κ2) is 8.31. The molecule has 0 aliphatic heterocycles. The van der Waals surface area contributed by atoms with E-state index in [4.69, 9.17) is 0 Å². The smallest absolute Gasteiger partial charge is 0.278 e. The van der Waals surface area contributed by atoms with Crippen molar-refractivity contribution >= 4 is 33.5 Å². The number of amides is 1. The van der Waals surface area contributed by atoms with Crippen molar-refractivity contribution < 1.29 is 13.6 Å². The minimum Gasteiger partial charge on any atom is -0.325 e. The number of hydrogen-bond donors (Lipinski definition) is 1. The van der Waals surface area contributed by atoms with Gasteiger partial charge in [0.05, 0.1) is 24.1 Å². The Bertz CT molecular complexity index is 1560. The van der Waals surface area contributed by atoms with Gasteiger partial charge in [0.1, 0.15) is 29.2 Å². The molecular formula is C25H18F2N4O2. The SMILES string of the molecule is O=C(Cn1c2ccccc2c2ncn(Cc3ccccc3)c(=O)c21)Nc1ccc(F)cc1F. The van der Waals surface area contributed by atoms with Crippen molar-refractivity contribution in [2.24, 2.45) is 0 Å². The number of benzene rings is 3. The number of aromatic nitrogens is 3. The number of rotatable bonds is 5. The van der Waals surface area contributed by atoms with Gasteiger partial charge in [-0.05, 0) is 23.8 Å². The van der Waals surface area contributed by atoms with Crippen LogP contribution in [0.2, 0.25) is 0 Å². The van der Waals surface area contributed by atoms with Crippen LogP contribution in [0.3, 0.4) is 0 Å². The molecule has 0 saturated carbocycles. The highest BCUT2D eigenvalue weighted by Crippen LogP contribution is 2.25. The summed E-state index contributed by atoms with van der Waals surface area (Å²) in [7, 11) is 0. The summed E-state index contributed by atoms with van der Waals surface area (Å²) in [5.41, 5.74) is 1.94. The molecule has 0 radical (unpaired) electrons. The van der Waals surface area contributed by atoms with Crippen LogP contribution in [0, 0.1) is 11.6 Å². The van der Waals surface area contributed by atoms with E-state index in [0.717, 1.165) is 23.1 Å². The summed E-state index contributed by atoms with van der Waals surface area (Å²) >= 11 is 0. The molecule has 164 valence electrons. The van der Waals surface area contributed by atoms with E-state index in [1.165, 1.54) is 10.9 Å². The van der Waals surface area contributed by atoms with E-state index in [0.29, 0.717) is 23.6 Å². The zero-order valence-electron chi connectivity index (χ0n) is 17.3.